The van der Waals surface area contributed by atoms with Crippen molar-refractivity contribution in [1.82, 2.24) is 5.32 Å². The zero-order valence-corrected chi connectivity index (χ0v) is 26.1. The number of urea groups is 1. The van der Waals surface area contributed by atoms with Crippen molar-refractivity contribution in [2.75, 3.05) is 11.1 Å². The maximum absolute atomic E-state index is 12.6. The van der Waals surface area contributed by atoms with Gasteiger partial charge in [0, 0.05) is 34.9 Å². The van der Waals surface area contributed by atoms with Gasteiger partial charge in [0.1, 0.15) is 11.5 Å². The molecule has 2 amide bonds. The summed E-state index contributed by atoms with van der Waals surface area (Å²) >= 11 is 1.77. The zero-order valence-electron chi connectivity index (χ0n) is 25.3. The number of rotatable bonds is 11. The summed E-state index contributed by atoms with van der Waals surface area (Å²) < 4.78 is 18.8. The third kappa shape index (κ3) is 8.77. The number of para-hydroxylation sites is 1. The Hall–Kier alpha value is -4.60. The Balaban J connectivity index is 1.04. The molecule has 0 radical (unpaired) electrons. The normalized spacial score (nSPS) is 17.6. The molecule has 1 heterocycles. The highest BCUT2D eigenvalue weighted by atomic mass is 32.2. The van der Waals surface area contributed by atoms with E-state index in [0.29, 0.717) is 18.0 Å². The van der Waals surface area contributed by atoms with E-state index in [2.05, 4.69) is 22.8 Å². The van der Waals surface area contributed by atoms with Gasteiger partial charge >= 0.3 is 6.03 Å². The van der Waals surface area contributed by atoms with Crippen molar-refractivity contribution < 1.29 is 24.1 Å². The monoisotopic (exact) mass is 632 g/mol. The number of aliphatic hydroxyl groups is 1. The van der Waals surface area contributed by atoms with Crippen LogP contribution in [-0.4, -0.2) is 23.0 Å². The maximum atomic E-state index is 12.6. The first-order chi connectivity index (χ1) is 22.6. The average Bonchev–Trinajstić information content (AvgIpc) is 3.12. The minimum atomic E-state index is -0.531. The molecule has 3 unspecified atom stereocenters. The molecule has 0 aliphatic carbocycles. The first-order valence-corrected chi connectivity index (χ1v) is 16.2. The van der Waals surface area contributed by atoms with E-state index in [1.807, 2.05) is 109 Å². The third-order valence-corrected chi connectivity index (χ3v) is 8.73. The molecule has 0 aromatic heterocycles. The largest absolute Gasteiger partial charge is 0.457 e. The van der Waals surface area contributed by atoms with Gasteiger partial charge in [0.25, 0.3) is 0 Å². The van der Waals surface area contributed by atoms with E-state index >= 15 is 0 Å². The Morgan fingerprint density at radius 1 is 0.739 bits per heavy atom. The number of aliphatic hydroxyl groups excluding tert-OH is 1. The van der Waals surface area contributed by atoms with Gasteiger partial charge in [-0.05, 0) is 65.2 Å². The van der Waals surface area contributed by atoms with Crippen molar-refractivity contribution >= 4 is 23.5 Å². The van der Waals surface area contributed by atoms with Crippen molar-refractivity contribution in [3.05, 3.63) is 156 Å². The Morgan fingerprint density at radius 2 is 1.37 bits per heavy atom. The van der Waals surface area contributed by atoms with Crippen LogP contribution in [0.25, 0.3) is 0 Å². The van der Waals surface area contributed by atoms with Crippen LogP contribution in [-0.2, 0) is 22.6 Å². The lowest BCUT2D eigenvalue weighted by Crippen LogP contribution is -2.31. The quantitative estimate of drug-likeness (QED) is 0.126. The van der Waals surface area contributed by atoms with Crippen LogP contribution in [0.2, 0.25) is 0 Å². The summed E-state index contributed by atoms with van der Waals surface area (Å²) in [4.78, 5) is 13.8. The van der Waals surface area contributed by atoms with Gasteiger partial charge in [-0.1, -0.05) is 84.9 Å². The number of carbonyl (C=O) groups excluding carboxylic acids is 1. The van der Waals surface area contributed by atoms with Crippen molar-refractivity contribution in [2.45, 2.75) is 43.0 Å². The van der Waals surface area contributed by atoms with Crippen LogP contribution < -0.4 is 15.4 Å². The van der Waals surface area contributed by atoms with Gasteiger partial charge in [0.2, 0.25) is 0 Å². The molecule has 3 atom stereocenters. The van der Waals surface area contributed by atoms with E-state index in [9.17, 15) is 9.90 Å². The van der Waals surface area contributed by atoms with Gasteiger partial charge in [-0.25, -0.2) is 4.79 Å². The smallest absolute Gasteiger partial charge is 0.319 e. The Kier molecular flexibility index (Phi) is 10.6. The van der Waals surface area contributed by atoms with E-state index in [0.717, 1.165) is 40.2 Å². The molecule has 7 nitrogen and oxygen atoms in total. The fraction of sp³-hybridized carbons (Fsp3) is 0.184. The molecule has 1 fully saturated rings. The highest BCUT2D eigenvalue weighted by Gasteiger charge is 2.32. The molecule has 1 saturated heterocycles. The predicted molar refractivity (Wildman–Crippen MR) is 181 cm³/mol. The maximum Gasteiger partial charge on any atom is 0.319 e. The van der Waals surface area contributed by atoms with Crippen molar-refractivity contribution in [1.29, 1.82) is 0 Å². The molecule has 1 aliphatic heterocycles. The standard InChI is InChI=1S/C38H36N2O5S/c41-25-28-13-15-29(16-14-28)36-23-34(26-46-35-9-5-2-6-10-35)44-37(45-36)30-17-11-27(12-18-30)24-39-38(42)40-31-19-21-33(22-20-31)43-32-7-3-1-4-8-32/h1-22,34,36-37,41H,23-26H2,(H2,39,40,42). The van der Waals surface area contributed by atoms with Crippen LogP contribution in [0.1, 0.15) is 41.1 Å². The van der Waals surface area contributed by atoms with E-state index < -0.39 is 6.29 Å². The topological polar surface area (TPSA) is 89.1 Å². The summed E-state index contributed by atoms with van der Waals surface area (Å²) in [6, 6.07) is 42.7. The van der Waals surface area contributed by atoms with Gasteiger partial charge in [-0.15, -0.1) is 11.8 Å². The summed E-state index contributed by atoms with van der Waals surface area (Å²) in [5.41, 5.74) is 4.46. The fourth-order valence-corrected chi connectivity index (χ4v) is 6.05. The van der Waals surface area contributed by atoms with Crippen LogP contribution in [0.4, 0.5) is 10.5 Å². The molecule has 0 saturated carbocycles. The van der Waals surface area contributed by atoms with Crippen LogP contribution >= 0.6 is 11.8 Å². The SMILES string of the molecule is O=C(NCc1ccc(C2OC(CSc3ccccc3)CC(c3ccc(CO)cc3)O2)cc1)Nc1ccc(Oc2ccccc2)cc1. The first kappa shape index (κ1) is 31.4. The molecular formula is C38H36N2O5S. The van der Waals surface area contributed by atoms with Gasteiger partial charge in [-0.2, -0.15) is 0 Å². The number of thioether (sulfide) groups is 1. The molecular weight excluding hydrogens is 596 g/mol. The molecule has 234 valence electrons. The average molecular weight is 633 g/mol. The molecule has 8 heteroatoms. The highest BCUT2D eigenvalue weighted by Crippen LogP contribution is 2.39. The second kappa shape index (κ2) is 15.6. The molecule has 1 aliphatic rings. The summed E-state index contributed by atoms with van der Waals surface area (Å²) in [5, 5.41) is 15.2. The second-order valence-electron chi connectivity index (χ2n) is 11.0. The van der Waals surface area contributed by atoms with Gasteiger partial charge in [-0.3, -0.25) is 0 Å². The fourth-order valence-electron chi connectivity index (χ4n) is 5.11. The lowest BCUT2D eigenvalue weighted by Gasteiger charge is -2.36. The number of hydrogen-bond acceptors (Lipinski definition) is 6. The molecule has 46 heavy (non-hydrogen) atoms. The number of anilines is 1. The van der Waals surface area contributed by atoms with Crippen LogP contribution in [0.15, 0.2) is 138 Å². The summed E-state index contributed by atoms with van der Waals surface area (Å²) in [6.45, 7) is 0.373. The number of ether oxygens (including phenoxy) is 3. The highest BCUT2D eigenvalue weighted by molar-refractivity contribution is 7.99. The van der Waals surface area contributed by atoms with Crippen molar-refractivity contribution in [3.8, 4) is 11.5 Å². The van der Waals surface area contributed by atoms with E-state index in [1.165, 1.54) is 4.90 Å². The number of benzene rings is 5. The molecule has 6 rings (SSSR count). The van der Waals surface area contributed by atoms with E-state index in [-0.39, 0.29) is 24.8 Å². The van der Waals surface area contributed by atoms with Gasteiger partial charge in [0.15, 0.2) is 6.29 Å². The molecule has 0 spiro atoms. The predicted octanol–water partition coefficient (Wildman–Crippen LogP) is 8.63. The third-order valence-electron chi connectivity index (χ3n) is 7.59. The first-order valence-electron chi connectivity index (χ1n) is 15.3. The lowest BCUT2D eigenvalue weighted by atomic mass is 10.0. The number of nitrogens with one attached hydrogen (secondary N) is 2. The number of hydrogen-bond donors (Lipinski definition) is 3. The van der Waals surface area contributed by atoms with E-state index in [4.69, 9.17) is 14.2 Å². The molecule has 5 aromatic rings. The summed E-state index contributed by atoms with van der Waals surface area (Å²) in [7, 11) is 0. The van der Waals surface area contributed by atoms with E-state index in [1.54, 1.807) is 23.9 Å². The molecule has 3 N–H and O–H groups in total. The van der Waals surface area contributed by atoms with Gasteiger partial charge in [0.05, 0.1) is 18.8 Å². The Bertz CT molecular complexity index is 1670. The summed E-state index contributed by atoms with van der Waals surface area (Å²) in [6.07, 6.45) is 0.0402. The molecule has 5 aromatic carbocycles. The van der Waals surface area contributed by atoms with Crippen LogP contribution in [0, 0.1) is 0 Å². The van der Waals surface area contributed by atoms with Crippen molar-refractivity contribution in [3.63, 3.8) is 0 Å². The Labute approximate surface area is 273 Å². The van der Waals surface area contributed by atoms with Crippen LogP contribution in [0.5, 0.6) is 11.5 Å². The number of amides is 2. The van der Waals surface area contributed by atoms with Crippen molar-refractivity contribution in [2.24, 2.45) is 0 Å². The summed E-state index contributed by atoms with van der Waals surface area (Å²) in [5.74, 6) is 2.24. The van der Waals surface area contributed by atoms with Crippen LogP contribution in [0.3, 0.4) is 0 Å². The number of carbonyl (C=O) groups is 1. The minimum Gasteiger partial charge on any atom is -0.457 e. The zero-order chi connectivity index (χ0) is 31.6. The van der Waals surface area contributed by atoms with Gasteiger partial charge < -0.3 is 30.0 Å². The second-order valence-corrected chi connectivity index (χ2v) is 12.1. The lowest BCUT2D eigenvalue weighted by molar-refractivity contribution is -0.245. The Morgan fingerprint density at radius 3 is 2.07 bits per heavy atom. The minimum absolute atomic E-state index is 0.00839. The molecule has 0 bridgehead atoms.